The highest BCUT2D eigenvalue weighted by atomic mass is 19.2. The molecular formula is C24H22F2N6O2. The van der Waals surface area contributed by atoms with Gasteiger partial charge in [0.2, 0.25) is 5.91 Å². The van der Waals surface area contributed by atoms with Crippen LogP contribution < -0.4 is 10.6 Å². The van der Waals surface area contributed by atoms with Gasteiger partial charge >= 0.3 is 0 Å². The van der Waals surface area contributed by atoms with E-state index in [-0.39, 0.29) is 22.8 Å². The predicted octanol–water partition coefficient (Wildman–Crippen LogP) is 3.84. The number of carbonyl (C=O) groups is 2. The third kappa shape index (κ3) is 4.14. The maximum Gasteiger partial charge on any atom is 0.256 e. The molecular weight excluding hydrogens is 442 g/mol. The summed E-state index contributed by atoms with van der Waals surface area (Å²) in [7, 11) is 0. The SMILES string of the molecule is O=C(Nc1cnc2c(NCCCN3CCCC3=O)nc3cc(F)c(F)cc3n12)c1ccccc1. The number of fused-ring (bicyclic) bond motifs is 3. The summed E-state index contributed by atoms with van der Waals surface area (Å²) in [6.45, 7) is 1.90. The molecule has 0 bridgehead atoms. The normalized spacial score (nSPS) is 13.7. The van der Waals surface area contributed by atoms with E-state index in [1.807, 2.05) is 4.90 Å². The van der Waals surface area contributed by atoms with Crippen molar-refractivity contribution >= 4 is 40.1 Å². The molecule has 8 nitrogen and oxygen atoms in total. The first-order chi connectivity index (χ1) is 16.5. The lowest BCUT2D eigenvalue weighted by Crippen LogP contribution is -2.27. The highest BCUT2D eigenvalue weighted by Crippen LogP contribution is 2.27. The Morgan fingerprint density at radius 2 is 1.91 bits per heavy atom. The summed E-state index contributed by atoms with van der Waals surface area (Å²) in [4.78, 5) is 35.2. The smallest absolute Gasteiger partial charge is 0.256 e. The summed E-state index contributed by atoms with van der Waals surface area (Å²) in [5.74, 6) is -1.58. The molecule has 0 saturated carbocycles. The summed E-state index contributed by atoms with van der Waals surface area (Å²) >= 11 is 0. The standard InChI is InChI=1S/C24H22F2N6O2/c25-16-12-18-19(13-17(16)26)32-20(30-24(34)15-6-2-1-3-7-15)14-28-23(32)22(29-18)27-9-5-11-31-10-4-8-21(31)33/h1-3,6-7,12-14H,4-5,8-11H2,(H,27,29)(H,30,34). The number of imidazole rings is 1. The zero-order valence-corrected chi connectivity index (χ0v) is 18.2. The van der Waals surface area contributed by atoms with Gasteiger partial charge in [-0.25, -0.2) is 18.7 Å². The molecule has 2 aromatic heterocycles. The number of halogens is 2. The Balaban J connectivity index is 1.46. The maximum absolute atomic E-state index is 14.1. The third-order valence-corrected chi connectivity index (χ3v) is 5.81. The van der Waals surface area contributed by atoms with Crippen molar-refractivity contribution in [2.75, 3.05) is 30.3 Å². The number of hydrogen-bond acceptors (Lipinski definition) is 5. The minimum atomic E-state index is -1.03. The van der Waals surface area contributed by atoms with Crippen molar-refractivity contribution < 1.29 is 18.4 Å². The molecule has 0 unspecified atom stereocenters. The fourth-order valence-corrected chi connectivity index (χ4v) is 4.13. The van der Waals surface area contributed by atoms with Gasteiger partial charge in [0.25, 0.3) is 5.91 Å². The summed E-state index contributed by atoms with van der Waals surface area (Å²) in [5.41, 5.74) is 1.28. The Labute approximate surface area is 193 Å². The van der Waals surface area contributed by atoms with Crippen LogP contribution in [0.4, 0.5) is 20.4 Å². The van der Waals surface area contributed by atoms with Crippen molar-refractivity contribution in [1.29, 1.82) is 0 Å². The van der Waals surface area contributed by atoms with Gasteiger partial charge in [-0.1, -0.05) is 18.2 Å². The van der Waals surface area contributed by atoms with E-state index in [9.17, 15) is 18.4 Å². The van der Waals surface area contributed by atoms with Gasteiger partial charge in [-0.05, 0) is 25.0 Å². The molecule has 34 heavy (non-hydrogen) atoms. The van der Waals surface area contributed by atoms with Gasteiger partial charge in [0.05, 0.1) is 17.2 Å². The van der Waals surface area contributed by atoms with Crippen LogP contribution in [0, 0.1) is 11.6 Å². The molecule has 3 heterocycles. The van der Waals surface area contributed by atoms with Gasteiger partial charge < -0.3 is 15.5 Å². The molecule has 0 atom stereocenters. The van der Waals surface area contributed by atoms with Crippen molar-refractivity contribution in [2.45, 2.75) is 19.3 Å². The molecule has 0 aliphatic carbocycles. The second kappa shape index (κ2) is 9.05. The molecule has 10 heteroatoms. The highest BCUT2D eigenvalue weighted by Gasteiger charge is 2.20. The van der Waals surface area contributed by atoms with Crippen LogP contribution in [0.1, 0.15) is 29.6 Å². The molecule has 2 aromatic carbocycles. The molecule has 0 spiro atoms. The number of benzene rings is 2. The third-order valence-electron chi connectivity index (χ3n) is 5.81. The molecule has 1 fully saturated rings. The average Bonchev–Trinajstić information content (AvgIpc) is 3.45. The van der Waals surface area contributed by atoms with E-state index < -0.39 is 11.6 Å². The van der Waals surface area contributed by atoms with Crippen LogP contribution in [0.5, 0.6) is 0 Å². The number of aromatic nitrogens is 3. The Morgan fingerprint density at radius 3 is 2.68 bits per heavy atom. The predicted molar refractivity (Wildman–Crippen MR) is 124 cm³/mol. The molecule has 1 aliphatic rings. The Hall–Kier alpha value is -4.08. The number of nitrogens with one attached hydrogen (secondary N) is 2. The van der Waals surface area contributed by atoms with Crippen LogP contribution in [0.25, 0.3) is 16.7 Å². The fraction of sp³-hybridized carbons (Fsp3) is 0.250. The van der Waals surface area contributed by atoms with Crippen molar-refractivity contribution in [3.63, 3.8) is 0 Å². The quantitative estimate of drug-likeness (QED) is 0.406. The van der Waals surface area contributed by atoms with E-state index in [0.717, 1.165) is 25.1 Å². The molecule has 4 aromatic rings. The molecule has 174 valence electrons. The topological polar surface area (TPSA) is 91.6 Å². The lowest BCUT2D eigenvalue weighted by molar-refractivity contribution is -0.127. The first kappa shape index (κ1) is 21.7. The van der Waals surface area contributed by atoms with E-state index in [2.05, 4.69) is 20.6 Å². The maximum atomic E-state index is 14.1. The zero-order valence-electron chi connectivity index (χ0n) is 18.2. The summed E-state index contributed by atoms with van der Waals surface area (Å²) in [6.07, 6.45) is 3.61. The summed E-state index contributed by atoms with van der Waals surface area (Å²) in [6, 6.07) is 10.7. The van der Waals surface area contributed by atoms with Crippen LogP contribution in [0.2, 0.25) is 0 Å². The fourth-order valence-electron chi connectivity index (χ4n) is 4.13. The highest BCUT2D eigenvalue weighted by molar-refractivity contribution is 6.04. The monoisotopic (exact) mass is 464 g/mol. The first-order valence-corrected chi connectivity index (χ1v) is 11.1. The minimum Gasteiger partial charge on any atom is -0.367 e. The number of nitrogens with zero attached hydrogens (tertiary/aromatic N) is 4. The lowest BCUT2D eigenvalue weighted by Gasteiger charge is -2.16. The van der Waals surface area contributed by atoms with E-state index >= 15 is 0 Å². The second-order valence-corrected chi connectivity index (χ2v) is 8.10. The average molecular weight is 464 g/mol. The van der Waals surface area contributed by atoms with E-state index in [4.69, 9.17) is 0 Å². The Bertz CT molecular complexity index is 1390. The molecule has 2 amide bonds. The van der Waals surface area contributed by atoms with Crippen LogP contribution in [-0.2, 0) is 4.79 Å². The van der Waals surface area contributed by atoms with Crippen molar-refractivity contribution in [3.05, 3.63) is 65.9 Å². The number of likely N-dealkylation sites (tertiary alicyclic amines) is 1. The lowest BCUT2D eigenvalue weighted by atomic mass is 10.2. The van der Waals surface area contributed by atoms with E-state index in [0.29, 0.717) is 48.8 Å². The van der Waals surface area contributed by atoms with Gasteiger partial charge in [-0.15, -0.1) is 0 Å². The van der Waals surface area contributed by atoms with Crippen molar-refractivity contribution in [1.82, 2.24) is 19.3 Å². The van der Waals surface area contributed by atoms with E-state index in [1.165, 1.54) is 10.6 Å². The molecule has 0 radical (unpaired) electrons. The van der Waals surface area contributed by atoms with Gasteiger partial charge in [-0.3, -0.25) is 14.0 Å². The van der Waals surface area contributed by atoms with Gasteiger partial charge in [0.15, 0.2) is 23.1 Å². The molecule has 5 rings (SSSR count). The van der Waals surface area contributed by atoms with Crippen LogP contribution in [0.15, 0.2) is 48.7 Å². The van der Waals surface area contributed by atoms with Gasteiger partial charge in [0, 0.05) is 43.8 Å². The molecule has 1 saturated heterocycles. The van der Waals surface area contributed by atoms with Gasteiger partial charge in [-0.2, -0.15) is 0 Å². The largest absolute Gasteiger partial charge is 0.367 e. The summed E-state index contributed by atoms with van der Waals surface area (Å²) in [5, 5.41) is 5.98. The zero-order chi connectivity index (χ0) is 23.7. The Kier molecular flexibility index (Phi) is 5.79. The number of hydrogen-bond donors (Lipinski definition) is 2. The van der Waals surface area contributed by atoms with Crippen LogP contribution >= 0.6 is 0 Å². The number of carbonyl (C=O) groups excluding carboxylic acids is 2. The van der Waals surface area contributed by atoms with Crippen LogP contribution in [0.3, 0.4) is 0 Å². The van der Waals surface area contributed by atoms with Crippen molar-refractivity contribution in [3.8, 4) is 0 Å². The molecule has 2 N–H and O–H groups in total. The van der Waals surface area contributed by atoms with Crippen molar-refractivity contribution in [2.24, 2.45) is 0 Å². The summed E-state index contributed by atoms with van der Waals surface area (Å²) < 4.78 is 29.6. The van der Waals surface area contributed by atoms with Gasteiger partial charge in [0.1, 0.15) is 5.82 Å². The second-order valence-electron chi connectivity index (χ2n) is 8.10. The number of anilines is 2. The van der Waals surface area contributed by atoms with Crippen LogP contribution in [-0.4, -0.2) is 50.7 Å². The first-order valence-electron chi connectivity index (χ1n) is 11.1. The molecule has 1 aliphatic heterocycles. The van der Waals surface area contributed by atoms with E-state index in [1.54, 1.807) is 30.3 Å². The number of amides is 2. The Morgan fingerprint density at radius 1 is 1.12 bits per heavy atom. The minimum absolute atomic E-state index is 0.163. The number of rotatable bonds is 7.